The van der Waals surface area contributed by atoms with Crippen LogP contribution in [0.1, 0.15) is 30.9 Å². The number of H-pyrrole nitrogens is 1. The number of nitriles is 1. The van der Waals surface area contributed by atoms with Crippen LogP contribution in [0.25, 0.3) is 44.0 Å². The van der Waals surface area contributed by atoms with Gasteiger partial charge in [-0.05, 0) is 49.6 Å². The van der Waals surface area contributed by atoms with Crippen LogP contribution < -0.4 is 10.2 Å². The zero-order chi connectivity index (χ0) is 28.4. The van der Waals surface area contributed by atoms with Gasteiger partial charge in [0.2, 0.25) is 0 Å². The second-order valence-electron chi connectivity index (χ2n) is 9.62. The average molecular weight is 571 g/mol. The Hall–Kier alpha value is -4.44. The van der Waals surface area contributed by atoms with Crippen molar-refractivity contribution in [3.63, 3.8) is 0 Å². The Morgan fingerprint density at radius 2 is 1.90 bits per heavy atom. The van der Waals surface area contributed by atoms with Crippen molar-refractivity contribution in [3.8, 4) is 22.9 Å². The normalized spacial score (nSPS) is 14.5. The van der Waals surface area contributed by atoms with Gasteiger partial charge in [-0.3, -0.25) is 9.78 Å². The van der Waals surface area contributed by atoms with Crippen molar-refractivity contribution in [2.24, 2.45) is 0 Å². The molecule has 1 N–H and O–H groups in total. The first kappa shape index (κ1) is 25.8. The summed E-state index contributed by atoms with van der Waals surface area (Å²) < 4.78 is 83.3. The number of nitrogens with zero attached hydrogens (tertiary/aromatic N) is 3. The van der Waals surface area contributed by atoms with Crippen molar-refractivity contribution in [1.29, 1.82) is 5.26 Å². The zero-order valence-electron chi connectivity index (χ0n) is 20.4. The number of benzene rings is 2. The van der Waals surface area contributed by atoms with E-state index in [9.17, 15) is 35.5 Å². The molecule has 1 aliphatic rings. The first-order valence-corrected chi connectivity index (χ1v) is 13.5. The van der Waals surface area contributed by atoms with Crippen LogP contribution in [0.15, 0.2) is 58.5 Å². The lowest BCUT2D eigenvalue weighted by Crippen LogP contribution is -2.22. The van der Waals surface area contributed by atoms with Crippen molar-refractivity contribution >= 4 is 43.1 Å². The first-order chi connectivity index (χ1) is 18.9. The summed E-state index contributed by atoms with van der Waals surface area (Å²) in [6.45, 7) is -1.68. The molecular formula is C27H18F4N4O4S. The molecule has 0 atom stereocenters. The minimum absolute atomic E-state index is 0.00412. The van der Waals surface area contributed by atoms with Crippen LogP contribution in [-0.2, 0) is 10.2 Å². The Bertz CT molecular complexity index is 2060. The number of hydrogen-bond acceptors (Lipinski definition) is 6. The zero-order valence-corrected chi connectivity index (χ0v) is 21.2. The highest BCUT2D eigenvalue weighted by atomic mass is 32.3. The van der Waals surface area contributed by atoms with E-state index in [2.05, 4.69) is 16.0 Å². The van der Waals surface area contributed by atoms with Crippen LogP contribution in [0.5, 0.6) is 5.75 Å². The van der Waals surface area contributed by atoms with E-state index in [1.165, 1.54) is 18.3 Å². The summed E-state index contributed by atoms with van der Waals surface area (Å²) in [6.07, 6.45) is -0.259. The third-order valence-electron chi connectivity index (χ3n) is 7.11. The number of halogens is 4. The molecule has 2 aromatic carbocycles. The Balaban J connectivity index is 1.71. The van der Waals surface area contributed by atoms with Crippen molar-refractivity contribution in [3.05, 3.63) is 64.6 Å². The Kier molecular flexibility index (Phi) is 5.85. The fraction of sp³-hybridized carbons (Fsp3) is 0.222. The van der Waals surface area contributed by atoms with Crippen LogP contribution in [0, 0.1) is 11.3 Å². The predicted molar refractivity (Wildman–Crippen MR) is 138 cm³/mol. The third kappa shape index (κ3) is 4.34. The summed E-state index contributed by atoms with van der Waals surface area (Å²) in [5.41, 5.74) is 1.32. The van der Waals surface area contributed by atoms with Gasteiger partial charge in [0.1, 0.15) is 16.3 Å². The Morgan fingerprint density at radius 1 is 1.12 bits per heavy atom. The van der Waals surface area contributed by atoms with Crippen molar-refractivity contribution in [2.45, 2.75) is 36.4 Å². The van der Waals surface area contributed by atoms with Gasteiger partial charge in [-0.25, -0.2) is 0 Å². The second kappa shape index (κ2) is 9.06. The molecule has 0 spiro atoms. The number of aromatic nitrogens is 3. The van der Waals surface area contributed by atoms with Crippen LogP contribution in [0.2, 0.25) is 0 Å². The fourth-order valence-electron chi connectivity index (χ4n) is 5.10. The van der Waals surface area contributed by atoms with Crippen molar-refractivity contribution in [1.82, 2.24) is 14.5 Å². The van der Waals surface area contributed by atoms with Crippen LogP contribution >= 0.6 is 0 Å². The average Bonchev–Trinajstić information content (AvgIpc) is 3.26. The molecule has 1 fully saturated rings. The summed E-state index contributed by atoms with van der Waals surface area (Å²) in [4.78, 5) is 20.1. The second-order valence-corrected chi connectivity index (χ2v) is 11.0. The fourth-order valence-corrected chi connectivity index (χ4v) is 5.55. The number of hydrogen-bond donors (Lipinski definition) is 1. The summed E-state index contributed by atoms with van der Waals surface area (Å²) in [5, 5.41) is 10.3. The van der Waals surface area contributed by atoms with E-state index in [-0.39, 0.29) is 28.3 Å². The van der Waals surface area contributed by atoms with Gasteiger partial charge in [0.25, 0.3) is 0 Å². The van der Waals surface area contributed by atoms with E-state index in [0.29, 0.717) is 33.0 Å². The third-order valence-corrected chi connectivity index (χ3v) is 7.90. The molecule has 1 saturated carbocycles. The van der Waals surface area contributed by atoms with Gasteiger partial charge in [0.15, 0.2) is 12.0 Å². The molecule has 13 heteroatoms. The molecule has 204 valence electrons. The molecule has 3 aromatic heterocycles. The van der Waals surface area contributed by atoms with Crippen LogP contribution in [0.4, 0.5) is 17.1 Å². The maximum absolute atomic E-state index is 13.9. The largest absolute Gasteiger partial charge is 0.483 e. The molecule has 0 amide bonds. The molecule has 6 rings (SSSR count). The number of alkyl halides is 3. The molecule has 40 heavy (non-hydrogen) atoms. The molecule has 1 aliphatic carbocycles. The SMILES string of the molecule is N#Cc1ccc2c(c1)[nH]c1c2c(=O)c2cc(OCC(F)(F)F)c(-c3cncc(S(=O)(=O)F)c3)cc2n1C1CCC1. The van der Waals surface area contributed by atoms with E-state index in [0.717, 1.165) is 31.5 Å². The van der Waals surface area contributed by atoms with Gasteiger partial charge in [-0.2, -0.15) is 26.9 Å². The van der Waals surface area contributed by atoms with Gasteiger partial charge in [0.05, 0.1) is 27.9 Å². The topological polar surface area (TPSA) is 118 Å². The van der Waals surface area contributed by atoms with Gasteiger partial charge >= 0.3 is 16.4 Å². The maximum Gasteiger partial charge on any atom is 0.422 e. The quantitative estimate of drug-likeness (QED) is 0.208. The highest BCUT2D eigenvalue weighted by molar-refractivity contribution is 7.86. The minimum atomic E-state index is -5.16. The molecule has 8 nitrogen and oxygen atoms in total. The number of aromatic amines is 1. The van der Waals surface area contributed by atoms with E-state index in [1.54, 1.807) is 18.2 Å². The number of fused-ring (bicyclic) bond motifs is 4. The number of nitrogens with one attached hydrogen (secondary N) is 1. The van der Waals surface area contributed by atoms with Crippen molar-refractivity contribution in [2.75, 3.05) is 6.61 Å². The smallest absolute Gasteiger partial charge is 0.422 e. The standard InChI is InChI=1S/C27H18F4N4O4S/c28-27(29,30)13-39-23-9-20-22(8-19(23)15-7-17(12-33-11-15)40(31,37)38)35(16-2-1-3-16)26-24(25(20)36)18-5-4-14(10-32)6-21(18)34-26/h4-9,11-12,16,34H,1-3,13H2. The maximum atomic E-state index is 13.9. The summed E-state index contributed by atoms with van der Waals surface area (Å²) >= 11 is 0. The van der Waals surface area contributed by atoms with Gasteiger partial charge in [-0.1, -0.05) is 6.07 Å². The Morgan fingerprint density at radius 3 is 2.55 bits per heavy atom. The lowest BCUT2D eigenvalue weighted by molar-refractivity contribution is -0.153. The summed E-state index contributed by atoms with van der Waals surface area (Å²) in [6, 6.07) is 10.4. The molecule has 0 radical (unpaired) electrons. The lowest BCUT2D eigenvalue weighted by Gasteiger charge is -2.31. The molecule has 0 saturated heterocycles. The summed E-state index contributed by atoms with van der Waals surface area (Å²) in [7, 11) is -5.16. The number of rotatable bonds is 5. The molecular weight excluding hydrogens is 552 g/mol. The van der Waals surface area contributed by atoms with Gasteiger partial charge in [-0.15, -0.1) is 3.89 Å². The highest BCUT2D eigenvalue weighted by Gasteiger charge is 2.31. The van der Waals surface area contributed by atoms with Gasteiger partial charge in [0, 0.05) is 40.5 Å². The Labute approximate surface area is 223 Å². The lowest BCUT2D eigenvalue weighted by atomic mass is 9.91. The highest BCUT2D eigenvalue weighted by Crippen LogP contribution is 2.41. The van der Waals surface area contributed by atoms with Crippen molar-refractivity contribution < 1.29 is 30.2 Å². The van der Waals surface area contributed by atoms with Crippen LogP contribution in [-0.4, -0.2) is 35.7 Å². The number of ether oxygens (including phenoxy) is 1. The van der Waals surface area contributed by atoms with E-state index in [4.69, 9.17) is 4.74 Å². The van der Waals surface area contributed by atoms with E-state index < -0.39 is 33.3 Å². The summed E-state index contributed by atoms with van der Waals surface area (Å²) in [5.74, 6) is -0.344. The number of pyridine rings is 2. The predicted octanol–water partition coefficient (Wildman–Crippen LogP) is 5.89. The molecule has 5 aromatic rings. The van der Waals surface area contributed by atoms with Gasteiger partial charge < -0.3 is 14.3 Å². The molecule has 0 unspecified atom stereocenters. The first-order valence-electron chi connectivity index (χ1n) is 12.1. The van der Waals surface area contributed by atoms with E-state index >= 15 is 0 Å². The molecule has 0 aliphatic heterocycles. The minimum Gasteiger partial charge on any atom is -0.483 e. The monoisotopic (exact) mass is 570 g/mol. The van der Waals surface area contributed by atoms with Crippen LogP contribution in [0.3, 0.4) is 0 Å². The molecule has 3 heterocycles. The molecule has 0 bridgehead atoms. The van der Waals surface area contributed by atoms with E-state index in [1.807, 2.05) is 4.57 Å².